The van der Waals surface area contributed by atoms with E-state index >= 15 is 0 Å². The molecule has 0 aliphatic carbocycles. The second-order valence-electron chi connectivity index (χ2n) is 4.47. The van der Waals surface area contributed by atoms with Crippen LogP contribution in [0.1, 0.15) is 20.7 Å². The van der Waals surface area contributed by atoms with Crippen molar-refractivity contribution in [2.24, 2.45) is 0 Å². The number of carbonyl (C=O) groups excluding carboxylic acids is 2. The third-order valence-electron chi connectivity index (χ3n) is 2.81. The summed E-state index contributed by atoms with van der Waals surface area (Å²) >= 11 is 22.6. The molecule has 2 aromatic rings. The highest BCUT2D eigenvalue weighted by atomic mass is 35.5. The van der Waals surface area contributed by atoms with Crippen LogP contribution in [0.5, 0.6) is 0 Å². The fourth-order valence-corrected chi connectivity index (χ4v) is 2.56. The molecule has 2 rings (SSSR count). The number of thiocarbonyl (C=S) groups is 1. The summed E-state index contributed by atoms with van der Waals surface area (Å²) in [7, 11) is 0. The Morgan fingerprint density at radius 1 is 0.833 bits per heavy atom. The molecular weight excluding hydrogens is 393 g/mol. The number of carbonyl (C=O) groups is 2. The summed E-state index contributed by atoms with van der Waals surface area (Å²) < 4.78 is 0. The van der Waals surface area contributed by atoms with E-state index in [4.69, 9.17) is 47.0 Å². The van der Waals surface area contributed by atoms with Gasteiger partial charge in [0, 0.05) is 5.02 Å². The van der Waals surface area contributed by atoms with Crippen LogP contribution in [0.4, 0.5) is 0 Å². The number of hydrogen-bond acceptors (Lipinski definition) is 3. The molecule has 24 heavy (non-hydrogen) atoms. The maximum Gasteiger partial charge on any atom is 0.271 e. The van der Waals surface area contributed by atoms with Crippen LogP contribution in [0.25, 0.3) is 0 Å². The third-order valence-corrected chi connectivity index (χ3v) is 3.89. The third kappa shape index (κ3) is 4.82. The van der Waals surface area contributed by atoms with Gasteiger partial charge < -0.3 is 0 Å². The van der Waals surface area contributed by atoms with Crippen LogP contribution in [0.15, 0.2) is 42.5 Å². The van der Waals surface area contributed by atoms with Crippen molar-refractivity contribution in [2.75, 3.05) is 0 Å². The van der Waals surface area contributed by atoms with Crippen molar-refractivity contribution in [3.63, 3.8) is 0 Å². The van der Waals surface area contributed by atoms with Gasteiger partial charge in [0.1, 0.15) is 0 Å². The van der Waals surface area contributed by atoms with E-state index < -0.39 is 11.8 Å². The van der Waals surface area contributed by atoms with E-state index in [0.29, 0.717) is 5.02 Å². The molecule has 0 radical (unpaired) electrons. The minimum atomic E-state index is -0.536. The molecule has 9 heteroatoms. The molecular formula is C15H10Cl3N3O2S. The molecule has 124 valence electrons. The average molecular weight is 403 g/mol. The van der Waals surface area contributed by atoms with Crippen molar-refractivity contribution in [2.45, 2.75) is 0 Å². The molecule has 5 nitrogen and oxygen atoms in total. The molecule has 0 fully saturated rings. The largest absolute Gasteiger partial charge is 0.298 e. The van der Waals surface area contributed by atoms with E-state index in [1.54, 1.807) is 24.3 Å². The lowest BCUT2D eigenvalue weighted by Crippen LogP contribution is -2.48. The number of rotatable bonds is 2. The van der Waals surface area contributed by atoms with Gasteiger partial charge in [-0.05, 0) is 42.5 Å². The van der Waals surface area contributed by atoms with Crippen LogP contribution in [0.2, 0.25) is 15.1 Å². The zero-order valence-corrected chi connectivity index (χ0v) is 15.0. The maximum atomic E-state index is 12.0. The zero-order chi connectivity index (χ0) is 17.7. The second-order valence-corrected chi connectivity index (χ2v) is 6.13. The number of halogens is 3. The molecule has 0 bridgehead atoms. The number of hydrogen-bond donors (Lipinski definition) is 3. The highest BCUT2D eigenvalue weighted by molar-refractivity contribution is 7.80. The van der Waals surface area contributed by atoms with Crippen molar-refractivity contribution in [1.29, 1.82) is 0 Å². The van der Waals surface area contributed by atoms with Crippen LogP contribution in [-0.2, 0) is 0 Å². The Bertz CT molecular complexity index is 814. The van der Waals surface area contributed by atoms with Gasteiger partial charge in [-0.25, -0.2) is 0 Å². The van der Waals surface area contributed by atoms with Crippen LogP contribution in [-0.4, -0.2) is 16.9 Å². The summed E-state index contributed by atoms with van der Waals surface area (Å²) in [5.41, 5.74) is 5.20. The first-order chi connectivity index (χ1) is 11.4. The molecule has 0 saturated carbocycles. The molecule has 3 N–H and O–H groups in total. The molecule has 0 unspecified atom stereocenters. The quantitative estimate of drug-likeness (QED) is 0.530. The normalized spacial score (nSPS) is 9.96. The predicted molar refractivity (Wildman–Crippen MR) is 98.6 cm³/mol. The molecule has 0 heterocycles. The van der Waals surface area contributed by atoms with Gasteiger partial charge in [0.25, 0.3) is 11.8 Å². The van der Waals surface area contributed by atoms with Crippen LogP contribution < -0.4 is 16.2 Å². The fraction of sp³-hybridized carbons (Fsp3) is 0. The van der Waals surface area contributed by atoms with Gasteiger partial charge in [0.15, 0.2) is 5.11 Å². The zero-order valence-electron chi connectivity index (χ0n) is 11.9. The minimum Gasteiger partial charge on any atom is -0.298 e. The van der Waals surface area contributed by atoms with Gasteiger partial charge in [0.2, 0.25) is 0 Å². The first kappa shape index (κ1) is 18.5. The Morgan fingerprint density at radius 3 is 2.17 bits per heavy atom. The smallest absolute Gasteiger partial charge is 0.271 e. The SMILES string of the molecule is O=C(NNC(=S)NC(=O)c1ccccc1Cl)c1ccc(Cl)cc1Cl. The van der Waals surface area contributed by atoms with Gasteiger partial charge in [0.05, 0.1) is 21.2 Å². The highest BCUT2D eigenvalue weighted by Crippen LogP contribution is 2.20. The topological polar surface area (TPSA) is 70.2 Å². The van der Waals surface area contributed by atoms with E-state index in [1.165, 1.54) is 18.2 Å². The first-order valence-corrected chi connectivity index (χ1v) is 8.04. The van der Waals surface area contributed by atoms with Crippen molar-refractivity contribution >= 4 is 63.9 Å². The molecule has 0 atom stereocenters. The maximum absolute atomic E-state index is 12.0. The lowest BCUT2D eigenvalue weighted by Gasteiger charge is -2.12. The van der Waals surface area contributed by atoms with Crippen molar-refractivity contribution in [1.82, 2.24) is 16.2 Å². The van der Waals surface area contributed by atoms with Crippen LogP contribution in [0, 0.1) is 0 Å². The summed E-state index contributed by atoms with van der Waals surface area (Å²) in [6.07, 6.45) is 0. The molecule has 2 aromatic carbocycles. The van der Waals surface area contributed by atoms with Gasteiger partial charge in [-0.2, -0.15) is 0 Å². The number of benzene rings is 2. The van der Waals surface area contributed by atoms with Crippen LogP contribution >= 0.6 is 47.0 Å². The van der Waals surface area contributed by atoms with Gasteiger partial charge >= 0.3 is 0 Å². The first-order valence-electron chi connectivity index (χ1n) is 6.49. The van der Waals surface area contributed by atoms with Gasteiger partial charge in [-0.3, -0.25) is 25.8 Å². The molecule has 0 aromatic heterocycles. The fourth-order valence-electron chi connectivity index (χ4n) is 1.70. The molecule has 0 aliphatic heterocycles. The van der Waals surface area contributed by atoms with Crippen LogP contribution in [0.3, 0.4) is 0 Å². The minimum absolute atomic E-state index is 0.0987. The predicted octanol–water partition coefficient (Wildman–Crippen LogP) is 3.60. The molecule has 0 aliphatic rings. The van der Waals surface area contributed by atoms with Crippen molar-refractivity contribution in [3.05, 3.63) is 68.7 Å². The number of hydrazine groups is 1. The molecule has 2 amide bonds. The Balaban J connectivity index is 1.92. The Labute approximate surface area is 158 Å². The lowest BCUT2D eigenvalue weighted by molar-refractivity contribution is 0.0934. The lowest BCUT2D eigenvalue weighted by atomic mass is 10.2. The Kier molecular flexibility index (Phi) is 6.39. The van der Waals surface area contributed by atoms with Crippen molar-refractivity contribution < 1.29 is 9.59 Å². The van der Waals surface area contributed by atoms with E-state index in [2.05, 4.69) is 16.2 Å². The van der Waals surface area contributed by atoms with Gasteiger partial charge in [-0.1, -0.05) is 46.9 Å². The standard InChI is InChI=1S/C15H10Cl3N3O2S/c16-8-5-6-10(12(18)7-8)14(23)20-21-15(24)19-13(22)9-3-1-2-4-11(9)17/h1-7H,(H,20,23)(H2,19,21,22,24). The number of amides is 2. The van der Waals surface area contributed by atoms with E-state index in [-0.39, 0.29) is 26.3 Å². The summed E-state index contributed by atoms with van der Waals surface area (Å²) in [5.74, 6) is -1.04. The van der Waals surface area contributed by atoms with Gasteiger partial charge in [-0.15, -0.1) is 0 Å². The summed E-state index contributed by atoms with van der Waals surface area (Å²) in [5, 5.41) is 3.18. The average Bonchev–Trinajstić information content (AvgIpc) is 2.53. The van der Waals surface area contributed by atoms with E-state index in [0.717, 1.165) is 0 Å². The van der Waals surface area contributed by atoms with E-state index in [9.17, 15) is 9.59 Å². The summed E-state index contributed by atoms with van der Waals surface area (Å²) in [4.78, 5) is 24.0. The summed E-state index contributed by atoms with van der Waals surface area (Å²) in [6.45, 7) is 0. The molecule has 0 spiro atoms. The highest BCUT2D eigenvalue weighted by Gasteiger charge is 2.13. The number of nitrogens with one attached hydrogen (secondary N) is 3. The molecule has 0 saturated heterocycles. The Morgan fingerprint density at radius 2 is 1.50 bits per heavy atom. The van der Waals surface area contributed by atoms with Crippen molar-refractivity contribution in [3.8, 4) is 0 Å². The summed E-state index contributed by atoms with van der Waals surface area (Å²) in [6, 6.07) is 10.9. The van der Waals surface area contributed by atoms with E-state index in [1.807, 2.05) is 0 Å². The Hall–Kier alpha value is -1.86. The monoisotopic (exact) mass is 401 g/mol. The second kappa shape index (κ2) is 8.30.